The average molecular weight is 274 g/mol. The normalized spacial score (nSPS) is 12.5. The largest absolute Gasteiger partial charge is 0.389 e. The van der Waals surface area contributed by atoms with Gasteiger partial charge in [0.25, 0.3) is 0 Å². The lowest BCUT2D eigenvalue weighted by Crippen LogP contribution is -2.38. The first-order valence-electron chi connectivity index (χ1n) is 7.14. The highest BCUT2D eigenvalue weighted by atomic mass is 16.3. The van der Waals surface area contributed by atoms with E-state index in [1.54, 1.807) is 0 Å². The molecule has 110 valence electrons. The van der Waals surface area contributed by atoms with E-state index in [0.29, 0.717) is 6.54 Å². The van der Waals surface area contributed by atoms with Gasteiger partial charge in [-0.25, -0.2) is 0 Å². The Morgan fingerprint density at radius 3 is 2.30 bits per heavy atom. The molecule has 0 heterocycles. The fraction of sp³-hybridized carbons (Fsp3) is 0.588. The lowest BCUT2D eigenvalue weighted by Gasteiger charge is -2.30. The summed E-state index contributed by atoms with van der Waals surface area (Å²) in [5.74, 6) is 0. The molecule has 0 aliphatic rings. The summed E-state index contributed by atoms with van der Waals surface area (Å²) < 4.78 is 0. The highest BCUT2D eigenvalue weighted by molar-refractivity contribution is 5.37. The van der Waals surface area contributed by atoms with Crippen LogP contribution in [0, 0.1) is 11.3 Å². The van der Waals surface area contributed by atoms with Crippen molar-refractivity contribution in [3.8, 4) is 6.07 Å². The highest BCUT2D eigenvalue weighted by Gasteiger charge is 2.24. The molecule has 0 aliphatic carbocycles. The maximum absolute atomic E-state index is 9.98. The van der Waals surface area contributed by atoms with Gasteiger partial charge in [-0.2, -0.15) is 5.26 Å². The summed E-state index contributed by atoms with van der Waals surface area (Å²) >= 11 is 0. The van der Waals surface area contributed by atoms with E-state index in [1.165, 1.54) is 0 Å². The van der Waals surface area contributed by atoms with Gasteiger partial charge in [0.2, 0.25) is 0 Å². The van der Waals surface area contributed by atoms with Gasteiger partial charge in [-0.05, 0) is 45.4 Å². The van der Waals surface area contributed by atoms with Crippen LogP contribution in [0.15, 0.2) is 24.3 Å². The predicted octanol–water partition coefficient (Wildman–Crippen LogP) is 3.08. The molecule has 1 aromatic carbocycles. The van der Waals surface area contributed by atoms with Crippen molar-refractivity contribution >= 4 is 0 Å². The molecule has 0 bridgehead atoms. The third kappa shape index (κ3) is 4.63. The minimum absolute atomic E-state index is 0.495. The SMILES string of the molecule is CCN(Cc1ccccc1C(C)(C)C#N)CC(C)(C)O. The van der Waals surface area contributed by atoms with Crippen LogP contribution in [-0.2, 0) is 12.0 Å². The van der Waals surface area contributed by atoms with Gasteiger partial charge in [0.1, 0.15) is 0 Å². The van der Waals surface area contributed by atoms with E-state index >= 15 is 0 Å². The molecule has 3 nitrogen and oxygen atoms in total. The molecule has 0 radical (unpaired) electrons. The maximum atomic E-state index is 9.98. The van der Waals surface area contributed by atoms with Crippen LogP contribution in [-0.4, -0.2) is 28.7 Å². The first kappa shape index (κ1) is 16.7. The van der Waals surface area contributed by atoms with E-state index < -0.39 is 11.0 Å². The molecule has 0 aliphatic heterocycles. The number of hydrogen-bond acceptors (Lipinski definition) is 3. The Balaban J connectivity index is 3.01. The Bertz CT molecular complexity index is 480. The number of nitriles is 1. The fourth-order valence-electron chi connectivity index (χ4n) is 2.40. The van der Waals surface area contributed by atoms with E-state index in [-0.39, 0.29) is 0 Å². The van der Waals surface area contributed by atoms with Crippen molar-refractivity contribution in [2.24, 2.45) is 0 Å². The maximum Gasteiger partial charge on any atom is 0.0769 e. The van der Waals surface area contributed by atoms with Crippen molar-refractivity contribution in [1.29, 1.82) is 5.26 Å². The van der Waals surface area contributed by atoms with E-state index in [0.717, 1.165) is 24.2 Å². The Morgan fingerprint density at radius 2 is 1.80 bits per heavy atom. The minimum Gasteiger partial charge on any atom is -0.389 e. The molecule has 0 spiro atoms. The number of hydrogen-bond donors (Lipinski definition) is 1. The third-order valence-corrected chi connectivity index (χ3v) is 3.42. The first-order chi connectivity index (χ1) is 9.19. The summed E-state index contributed by atoms with van der Waals surface area (Å²) in [5.41, 5.74) is 1.02. The number of aliphatic hydroxyl groups is 1. The van der Waals surface area contributed by atoms with Crippen molar-refractivity contribution in [3.63, 3.8) is 0 Å². The van der Waals surface area contributed by atoms with Crippen LogP contribution < -0.4 is 0 Å². The molecular weight excluding hydrogens is 248 g/mol. The zero-order chi connectivity index (χ0) is 15.4. The minimum atomic E-state index is -0.713. The summed E-state index contributed by atoms with van der Waals surface area (Å²) in [5, 5.41) is 19.3. The monoisotopic (exact) mass is 274 g/mol. The number of likely N-dealkylation sites (N-methyl/N-ethyl adjacent to an activating group) is 1. The average Bonchev–Trinajstić information content (AvgIpc) is 2.37. The van der Waals surface area contributed by atoms with Crippen molar-refractivity contribution < 1.29 is 5.11 Å². The molecule has 1 rings (SSSR count). The summed E-state index contributed by atoms with van der Waals surface area (Å²) in [7, 11) is 0. The lowest BCUT2D eigenvalue weighted by atomic mass is 9.83. The molecule has 1 aromatic rings. The smallest absolute Gasteiger partial charge is 0.0769 e. The molecule has 20 heavy (non-hydrogen) atoms. The van der Waals surface area contributed by atoms with Crippen LogP contribution >= 0.6 is 0 Å². The quantitative estimate of drug-likeness (QED) is 0.867. The number of benzene rings is 1. The highest BCUT2D eigenvalue weighted by Crippen LogP contribution is 2.26. The van der Waals surface area contributed by atoms with Crippen LogP contribution in [0.1, 0.15) is 45.7 Å². The predicted molar refractivity (Wildman–Crippen MR) is 82.3 cm³/mol. The van der Waals surface area contributed by atoms with E-state index in [1.807, 2.05) is 45.9 Å². The van der Waals surface area contributed by atoms with Gasteiger partial charge in [-0.1, -0.05) is 31.2 Å². The number of nitrogens with zero attached hydrogens (tertiary/aromatic N) is 2. The van der Waals surface area contributed by atoms with Gasteiger partial charge >= 0.3 is 0 Å². The Labute approximate surface area is 122 Å². The molecule has 3 heteroatoms. The second kappa shape index (κ2) is 6.39. The first-order valence-corrected chi connectivity index (χ1v) is 7.14. The molecule has 0 aromatic heterocycles. The third-order valence-electron chi connectivity index (χ3n) is 3.42. The van der Waals surface area contributed by atoms with Crippen molar-refractivity contribution in [1.82, 2.24) is 4.90 Å². The standard InChI is InChI=1S/C17H26N2O/c1-6-19(13-17(4,5)20)11-14-9-7-8-10-15(14)16(2,3)12-18/h7-10,20H,6,11,13H2,1-5H3. The fourth-order valence-corrected chi connectivity index (χ4v) is 2.40. The zero-order valence-corrected chi connectivity index (χ0v) is 13.3. The Kier molecular flexibility index (Phi) is 5.33. The molecule has 0 saturated heterocycles. The van der Waals surface area contributed by atoms with Gasteiger partial charge in [-0.15, -0.1) is 0 Å². The molecule has 0 atom stereocenters. The molecule has 0 unspecified atom stereocenters. The second-order valence-corrected chi connectivity index (χ2v) is 6.51. The Hall–Kier alpha value is -1.37. The van der Waals surface area contributed by atoms with Gasteiger partial charge in [0, 0.05) is 13.1 Å². The number of rotatable bonds is 6. The molecule has 0 amide bonds. The van der Waals surface area contributed by atoms with Crippen molar-refractivity contribution in [3.05, 3.63) is 35.4 Å². The summed E-state index contributed by atoms with van der Waals surface area (Å²) in [6, 6.07) is 10.4. The zero-order valence-electron chi connectivity index (χ0n) is 13.3. The molecule has 0 saturated carbocycles. The van der Waals surface area contributed by atoms with Crippen LogP contribution in [0.4, 0.5) is 0 Å². The van der Waals surface area contributed by atoms with Crippen molar-refractivity contribution in [2.45, 2.75) is 52.2 Å². The summed E-state index contributed by atoms with van der Waals surface area (Å²) in [6.45, 7) is 11.8. The summed E-state index contributed by atoms with van der Waals surface area (Å²) in [6.07, 6.45) is 0. The van der Waals surface area contributed by atoms with Gasteiger partial charge in [0.15, 0.2) is 0 Å². The topological polar surface area (TPSA) is 47.3 Å². The van der Waals surface area contributed by atoms with E-state index in [2.05, 4.69) is 24.0 Å². The van der Waals surface area contributed by atoms with Crippen LogP contribution in [0.5, 0.6) is 0 Å². The van der Waals surface area contributed by atoms with Crippen LogP contribution in [0.25, 0.3) is 0 Å². The summed E-state index contributed by atoms with van der Waals surface area (Å²) in [4.78, 5) is 2.20. The molecule has 0 fully saturated rings. The van der Waals surface area contributed by atoms with Gasteiger partial charge in [-0.3, -0.25) is 4.90 Å². The molecular formula is C17H26N2O. The van der Waals surface area contributed by atoms with Crippen LogP contribution in [0.2, 0.25) is 0 Å². The second-order valence-electron chi connectivity index (χ2n) is 6.51. The Morgan fingerprint density at radius 1 is 1.20 bits per heavy atom. The van der Waals surface area contributed by atoms with E-state index in [4.69, 9.17) is 0 Å². The molecule has 1 N–H and O–H groups in total. The van der Waals surface area contributed by atoms with Crippen LogP contribution in [0.3, 0.4) is 0 Å². The van der Waals surface area contributed by atoms with Gasteiger partial charge in [0.05, 0.1) is 17.1 Å². The van der Waals surface area contributed by atoms with E-state index in [9.17, 15) is 10.4 Å². The van der Waals surface area contributed by atoms with Crippen molar-refractivity contribution in [2.75, 3.05) is 13.1 Å². The van der Waals surface area contributed by atoms with Gasteiger partial charge < -0.3 is 5.11 Å². The lowest BCUT2D eigenvalue weighted by molar-refractivity contribution is 0.0352.